The van der Waals surface area contributed by atoms with E-state index in [-0.39, 0.29) is 10.6 Å². The standard InChI is InChI=1S/C26H20ClN3O5S/c27-20-13-10-19(11-14-20)26(32)35-24-15-12-18-6-4-5-9-22(18)23(24)16-28-30-25(31)17-29-36(33,34)21-7-2-1-3-8-21/h1-16,29H,17H2,(H,30,31)/b28-16-. The number of halogens is 1. The SMILES string of the molecule is O=C(CNS(=O)(=O)c1ccccc1)N/N=C\c1c(OC(=O)c2ccc(Cl)cc2)ccc2ccccc12. The minimum Gasteiger partial charge on any atom is -0.422 e. The molecular weight excluding hydrogens is 502 g/mol. The molecule has 0 spiro atoms. The van der Waals surface area contributed by atoms with Crippen LogP contribution in [0, 0.1) is 0 Å². The number of rotatable bonds is 8. The van der Waals surface area contributed by atoms with Crippen molar-refractivity contribution in [2.45, 2.75) is 4.90 Å². The van der Waals surface area contributed by atoms with Crippen molar-refractivity contribution in [2.24, 2.45) is 5.10 Å². The van der Waals surface area contributed by atoms with E-state index in [4.69, 9.17) is 16.3 Å². The zero-order valence-electron chi connectivity index (χ0n) is 18.7. The minimum atomic E-state index is -3.84. The number of ether oxygens (including phenoxy) is 1. The van der Waals surface area contributed by atoms with Crippen LogP contribution in [0.25, 0.3) is 10.8 Å². The Morgan fingerprint density at radius 2 is 1.58 bits per heavy atom. The first kappa shape index (κ1) is 25.1. The smallest absolute Gasteiger partial charge is 0.343 e. The summed E-state index contributed by atoms with van der Waals surface area (Å²) in [5.74, 6) is -1.03. The first-order valence-electron chi connectivity index (χ1n) is 10.7. The summed E-state index contributed by atoms with van der Waals surface area (Å²) >= 11 is 5.89. The molecule has 0 heterocycles. The van der Waals surface area contributed by atoms with Gasteiger partial charge in [-0.15, -0.1) is 0 Å². The average Bonchev–Trinajstić information content (AvgIpc) is 2.89. The van der Waals surface area contributed by atoms with Crippen LogP contribution in [0.15, 0.2) is 101 Å². The molecule has 0 saturated carbocycles. The number of nitrogens with zero attached hydrogens (tertiary/aromatic N) is 1. The molecular formula is C26H20ClN3O5S. The van der Waals surface area contributed by atoms with E-state index < -0.39 is 28.4 Å². The number of hydrogen-bond acceptors (Lipinski definition) is 6. The van der Waals surface area contributed by atoms with Gasteiger partial charge in [0.1, 0.15) is 5.75 Å². The molecule has 1 amide bonds. The van der Waals surface area contributed by atoms with Gasteiger partial charge in [-0.25, -0.2) is 23.4 Å². The summed E-state index contributed by atoms with van der Waals surface area (Å²) in [5, 5.41) is 6.05. The Kier molecular flexibility index (Phi) is 7.74. The fourth-order valence-corrected chi connectivity index (χ4v) is 4.42. The number of hydrogen-bond donors (Lipinski definition) is 2. The van der Waals surface area contributed by atoms with Crippen LogP contribution in [-0.2, 0) is 14.8 Å². The number of carbonyl (C=O) groups is 2. The van der Waals surface area contributed by atoms with E-state index in [1.807, 2.05) is 24.3 Å². The molecule has 36 heavy (non-hydrogen) atoms. The van der Waals surface area contributed by atoms with Gasteiger partial charge in [0.15, 0.2) is 0 Å². The fourth-order valence-electron chi connectivity index (χ4n) is 3.29. The van der Waals surface area contributed by atoms with E-state index in [2.05, 4.69) is 15.2 Å². The zero-order valence-corrected chi connectivity index (χ0v) is 20.3. The normalized spacial score (nSPS) is 11.5. The quantitative estimate of drug-likeness (QED) is 0.156. The molecule has 10 heteroatoms. The summed E-state index contributed by atoms with van der Waals surface area (Å²) in [4.78, 5) is 24.9. The second kappa shape index (κ2) is 11.1. The fraction of sp³-hybridized carbons (Fsp3) is 0.0385. The number of nitrogens with one attached hydrogen (secondary N) is 2. The van der Waals surface area contributed by atoms with Crippen LogP contribution in [0.5, 0.6) is 5.75 Å². The molecule has 0 aromatic heterocycles. The van der Waals surface area contributed by atoms with Crippen LogP contribution in [0.3, 0.4) is 0 Å². The second-order valence-electron chi connectivity index (χ2n) is 7.53. The van der Waals surface area contributed by atoms with Gasteiger partial charge in [-0.3, -0.25) is 4.79 Å². The number of hydrazone groups is 1. The Labute approximate surface area is 212 Å². The maximum atomic E-state index is 12.6. The van der Waals surface area contributed by atoms with E-state index in [1.54, 1.807) is 54.6 Å². The van der Waals surface area contributed by atoms with Crippen molar-refractivity contribution in [3.63, 3.8) is 0 Å². The highest BCUT2D eigenvalue weighted by atomic mass is 35.5. The van der Waals surface area contributed by atoms with Crippen LogP contribution in [0.2, 0.25) is 5.02 Å². The molecule has 0 radical (unpaired) electrons. The first-order chi connectivity index (χ1) is 17.3. The minimum absolute atomic E-state index is 0.0456. The van der Waals surface area contributed by atoms with Gasteiger partial charge in [0.05, 0.1) is 23.2 Å². The van der Waals surface area contributed by atoms with Gasteiger partial charge in [-0.2, -0.15) is 5.10 Å². The Hall–Kier alpha value is -4.05. The summed E-state index contributed by atoms with van der Waals surface area (Å²) in [5.41, 5.74) is 3.06. The Bertz CT molecular complexity index is 1540. The lowest BCUT2D eigenvalue weighted by Crippen LogP contribution is -2.34. The van der Waals surface area contributed by atoms with E-state index in [1.165, 1.54) is 18.3 Å². The van der Waals surface area contributed by atoms with Gasteiger partial charge in [0, 0.05) is 10.6 Å². The van der Waals surface area contributed by atoms with Crippen molar-refractivity contribution in [3.8, 4) is 5.75 Å². The van der Waals surface area contributed by atoms with E-state index in [0.717, 1.165) is 10.8 Å². The van der Waals surface area contributed by atoms with Crippen molar-refractivity contribution in [1.29, 1.82) is 0 Å². The third-order valence-corrected chi connectivity index (χ3v) is 6.74. The Balaban J connectivity index is 1.49. The van der Waals surface area contributed by atoms with Crippen LogP contribution in [-0.4, -0.2) is 33.1 Å². The van der Waals surface area contributed by atoms with Gasteiger partial charge in [0.25, 0.3) is 5.91 Å². The lowest BCUT2D eigenvalue weighted by molar-refractivity contribution is -0.119. The van der Waals surface area contributed by atoms with E-state index >= 15 is 0 Å². The van der Waals surface area contributed by atoms with Crippen molar-refractivity contribution < 1.29 is 22.7 Å². The lowest BCUT2D eigenvalue weighted by Gasteiger charge is -2.11. The van der Waals surface area contributed by atoms with Crippen molar-refractivity contribution in [2.75, 3.05) is 6.54 Å². The monoisotopic (exact) mass is 521 g/mol. The average molecular weight is 522 g/mol. The first-order valence-corrected chi connectivity index (χ1v) is 12.6. The van der Waals surface area contributed by atoms with Gasteiger partial charge in [-0.1, -0.05) is 60.1 Å². The van der Waals surface area contributed by atoms with Gasteiger partial charge < -0.3 is 4.74 Å². The van der Waals surface area contributed by atoms with E-state index in [0.29, 0.717) is 16.1 Å². The molecule has 0 unspecified atom stereocenters. The second-order valence-corrected chi connectivity index (χ2v) is 9.73. The van der Waals surface area contributed by atoms with E-state index in [9.17, 15) is 18.0 Å². The van der Waals surface area contributed by atoms with Crippen LogP contribution < -0.4 is 14.9 Å². The predicted octanol–water partition coefficient (Wildman–Crippen LogP) is 4.14. The Morgan fingerprint density at radius 1 is 0.889 bits per heavy atom. The molecule has 8 nitrogen and oxygen atoms in total. The maximum Gasteiger partial charge on any atom is 0.343 e. The van der Waals surface area contributed by atoms with Crippen molar-refractivity contribution in [3.05, 3.63) is 107 Å². The molecule has 0 atom stereocenters. The maximum absolute atomic E-state index is 12.6. The highest BCUT2D eigenvalue weighted by molar-refractivity contribution is 7.89. The summed E-state index contributed by atoms with van der Waals surface area (Å²) < 4.78 is 32.4. The molecule has 0 aliphatic carbocycles. The van der Waals surface area contributed by atoms with Crippen LogP contribution >= 0.6 is 11.6 Å². The van der Waals surface area contributed by atoms with Crippen LogP contribution in [0.4, 0.5) is 0 Å². The Morgan fingerprint density at radius 3 is 2.33 bits per heavy atom. The molecule has 4 aromatic carbocycles. The number of carbonyl (C=O) groups excluding carboxylic acids is 2. The molecule has 2 N–H and O–H groups in total. The lowest BCUT2D eigenvalue weighted by atomic mass is 10.0. The molecule has 0 aliphatic heterocycles. The zero-order chi connectivity index (χ0) is 25.5. The van der Waals surface area contributed by atoms with Gasteiger partial charge >= 0.3 is 5.97 Å². The summed E-state index contributed by atoms with van der Waals surface area (Å²) in [6, 6.07) is 24.8. The molecule has 0 fully saturated rings. The third kappa shape index (κ3) is 6.14. The van der Waals surface area contributed by atoms with Gasteiger partial charge in [0.2, 0.25) is 10.0 Å². The molecule has 0 aliphatic rings. The number of sulfonamides is 1. The molecule has 0 saturated heterocycles. The highest BCUT2D eigenvalue weighted by Crippen LogP contribution is 2.27. The number of amides is 1. The summed E-state index contributed by atoms with van der Waals surface area (Å²) in [6.45, 7) is -0.511. The van der Waals surface area contributed by atoms with Gasteiger partial charge in [-0.05, 0) is 53.2 Å². The largest absolute Gasteiger partial charge is 0.422 e. The molecule has 0 bridgehead atoms. The number of fused-ring (bicyclic) bond motifs is 1. The number of esters is 1. The van der Waals surface area contributed by atoms with Crippen LogP contribution in [0.1, 0.15) is 15.9 Å². The topological polar surface area (TPSA) is 114 Å². The van der Waals surface area contributed by atoms with Crippen molar-refractivity contribution in [1.82, 2.24) is 10.1 Å². The predicted molar refractivity (Wildman–Crippen MR) is 138 cm³/mol. The highest BCUT2D eigenvalue weighted by Gasteiger charge is 2.16. The van der Waals surface area contributed by atoms with Crippen molar-refractivity contribution >= 4 is 50.5 Å². The third-order valence-electron chi connectivity index (χ3n) is 5.07. The molecule has 4 aromatic rings. The summed E-state index contributed by atoms with van der Waals surface area (Å²) in [7, 11) is -3.84. The number of benzene rings is 4. The summed E-state index contributed by atoms with van der Waals surface area (Å²) in [6.07, 6.45) is 1.34. The molecule has 4 rings (SSSR count). The molecule has 182 valence electrons.